The van der Waals surface area contributed by atoms with Crippen LogP contribution in [0.15, 0.2) is 0 Å². The molecule has 1 unspecified atom stereocenters. The highest BCUT2D eigenvalue weighted by Crippen LogP contribution is 2.60. The van der Waals surface area contributed by atoms with E-state index in [4.69, 9.17) is 4.43 Å². The van der Waals surface area contributed by atoms with Crippen LogP contribution in [0.1, 0.15) is 40.5 Å². The summed E-state index contributed by atoms with van der Waals surface area (Å²) in [6, 6.07) is 0. The predicted molar refractivity (Wildman–Crippen MR) is 68.9 cm³/mol. The first-order valence-electron chi connectivity index (χ1n) is 6.48. The molecule has 4 atom stereocenters. The Bertz CT molecular complexity index is 295. The minimum atomic E-state index is -1.66. The van der Waals surface area contributed by atoms with E-state index in [2.05, 4.69) is 40.8 Å². The van der Waals surface area contributed by atoms with Crippen molar-refractivity contribution in [2.45, 2.75) is 70.4 Å². The minimum Gasteiger partial charge on any atom is -0.414 e. The molecule has 0 heterocycles. The number of fused-ring (bicyclic) bond motifs is 1. The van der Waals surface area contributed by atoms with Gasteiger partial charge in [-0.05, 0) is 36.9 Å². The molecule has 0 amide bonds. The Kier molecular flexibility index (Phi) is 2.62. The second kappa shape index (κ2) is 3.33. The number of hydrogen-bond acceptors (Lipinski definition) is 2. The van der Waals surface area contributed by atoms with Gasteiger partial charge in [-0.2, -0.15) is 0 Å². The summed E-state index contributed by atoms with van der Waals surface area (Å²) in [7, 11) is -1.66. The van der Waals surface area contributed by atoms with E-state index in [1.165, 1.54) is 0 Å². The van der Waals surface area contributed by atoms with Crippen LogP contribution in [-0.4, -0.2) is 25.1 Å². The zero-order valence-electron chi connectivity index (χ0n) is 11.5. The van der Waals surface area contributed by atoms with Gasteiger partial charge in [0.1, 0.15) is 0 Å². The second-order valence-electron chi connectivity index (χ2n) is 7.33. The molecule has 94 valence electrons. The van der Waals surface area contributed by atoms with Crippen molar-refractivity contribution >= 4 is 8.32 Å². The molecule has 0 radical (unpaired) electrons. The Hall–Kier alpha value is 0.137. The maximum Gasteiger partial charge on any atom is 0.192 e. The fourth-order valence-corrected chi connectivity index (χ4v) is 4.10. The Morgan fingerprint density at radius 3 is 2.25 bits per heavy atom. The average Bonchev–Trinajstić information content (AvgIpc) is 2.67. The lowest BCUT2D eigenvalue weighted by Gasteiger charge is -2.40. The van der Waals surface area contributed by atoms with Crippen LogP contribution >= 0.6 is 0 Å². The topological polar surface area (TPSA) is 29.5 Å². The van der Waals surface area contributed by atoms with E-state index in [0.29, 0.717) is 17.9 Å². The molecule has 0 saturated heterocycles. The highest BCUT2D eigenvalue weighted by atomic mass is 28.4. The fraction of sp³-hybridized carbons (Fsp3) is 1.00. The summed E-state index contributed by atoms with van der Waals surface area (Å²) in [5.41, 5.74) is -0.368. The summed E-state index contributed by atoms with van der Waals surface area (Å²) in [6.07, 6.45) is 2.38. The summed E-state index contributed by atoms with van der Waals surface area (Å²) in [5.74, 6) is 0.851. The molecule has 2 nitrogen and oxygen atoms in total. The highest BCUT2D eigenvalue weighted by molar-refractivity contribution is 6.74. The van der Waals surface area contributed by atoms with Gasteiger partial charge in [0.25, 0.3) is 0 Å². The van der Waals surface area contributed by atoms with Crippen molar-refractivity contribution in [3.63, 3.8) is 0 Å². The molecule has 16 heavy (non-hydrogen) atoms. The first-order chi connectivity index (χ1) is 7.08. The molecule has 2 aliphatic carbocycles. The molecule has 2 aliphatic rings. The smallest absolute Gasteiger partial charge is 0.192 e. The molecule has 2 rings (SSSR count). The largest absolute Gasteiger partial charge is 0.414 e. The van der Waals surface area contributed by atoms with Crippen LogP contribution in [0.5, 0.6) is 0 Å². The van der Waals surface area contributed by atoms with E-state index in [-0.39, 0.29) is 10.6 Å². The van der Waals surface area contributed by atoms with Crippen LogP contribution in [0, 0.1) is 11.8 Å². The quantitative estimate of drug-likeness (QED) is 0.754. The van der Waals surface area contributed by atoms with Crippen molar-refractivity contribution in [3.05, 3.63) is 0 Å². The van der Waals surface area contributed by atoms with Crippen LogP contribution in [0.25, 0.3) is 0 Å². The van der Waals surface area contributed by atoms with E-state index in [1.54, 1.807) is 0 Å². The number of aliphatic hydroxyl groups is 1. The van der Waals surface area contributed by atoms with Gasteiger partial charge < -0.3 is 9.53 Å². The molecular formula is C13H26O2Si. The van der Waals surface area contributed by atoms with Gasteiger partial charge in [-0.3, -0.25) is 0 Å². The molecule has 0 aromatic rings. The maximum atomic E-state index is 10.2. The predicted octanol–water partition coefficient (Wildman–Crippen LogP) is 3.17. The van der Waals surface area contributed by atoms with Crippen molar-refractivity contribution in [1.82, 2.24) is 0 Å². The van der Waals surface area contributed by atoms with Crippen LogP contribution < -0.4 is 0 Å². The molecule has 2 saturated carbocycles. The highest BCUT2D eigenvalue weighted by Gasteiger charge is 2.65. The van der Waals surface area contributed by atoms with Gasteiger partial charge >= 0.3 is 0 Å². The average molecular weight is 242 g/mol. The van der Waals surface area contributed by atoms with Crippen molar-refractivity contribution in [2.24, 2.45) is 11.8 Å². The molecule has 0 aliphatic heterocycles. The molecule has 0 spiro atoms. The van der Waals surface area contributed by atoms with Gasteiger partial charge in [0.2, 0.25) is 0 Å². The van der Waals surface area contributed by atoms with Gasteiger partial charge in [-0.1, -0.05) is 27.7 Å². The summed E-state index contributed by atoms with van der Waals surface area (Å²) >= 11 is 0. The van der Waals surface area contributed by atoms with Crippen molar-refractivity contribution in [3.8, 4) is 0 Å². The molecule has 0 aromatic carbocycles. The standard InChI is InChI=1S/C13H26O2Si/c1-9-11(7-10-8-13(9,10)14)15-16(5,6)12(2,3)4/h9-11,14H,7-8H2,1-6H3/t9-,10?,11-,13+/m0/s1. The van der Waals surface area contributed by atoms with Crippen LogP contribution in [0.2, 0.25) is 18.1 Å². The van der Waals surface area contributed by atoms with Crippen LogP contribution in [0.3, 0.4) is 0 Å². The van der Waals surface area contributed by atoms with E-state index < -0.39 is 8.32 Å². The monoisotopic (exact) mass is 242 g/mol. The Labute approximate surface area is 101 Å². The minimum absolute atomic E-state index is 0.266. The lowest BCUT2D eigenvalue weighted by atomic mass is 10.0. The Morgan fingerprint density at radius 2 is 1.88 bits per heavy atom. The summed E-state index contributed by atoms with van der Waals surface area (Å²) in [4.78, 5) is 0. The molecule has 0 aromatic heterocycles. The first-order valence-corrected chi connectivity index (χ1v) is 9.39. The number of rotatable bonds is 2. The van der Waals surface area contributed by atoms with Crippen molar-refractivity contribution < 1.29 is 9.53 Å². The maximum absolute atomic E-state index is 10.2. The molecule has 3 heteroatoms. The Morgan fingerprint density at radius 1 is 1.31 bits per heavy atom. The third-order valence-electron chi connectivity index (χ3n) is 5.24. The fourth-order valence-electron chi connectivity index (χ4n) is 2.69. The first kappa shape index (κ1) is 12.6. The van der Waals surface area contributed by atoms with Gasteiger partial charge in [-0.15, -0.1) is 0 Å². The van der Waals surface area contributed by atoms with Gasteiger partial charge in [0, 0.05) is 5.92 Å². The van der Waals surface area contributed by atoms with Crippen LogP contribution in [-0.2, 0) is 4.43 Å². The van der Waals surface area contributed by atoms with E-state index in [9.17, 15) is 5.11 Å². The summed E-state index contributed by atoms with van der Waals surface area (Å²) in [6.45, 7) is 13.6. The summed E-state index contributed by atoms with van der Waals surface area (Å²) < 4.78 is 6.42. The number of hydrogen-bond donors (Lipinski definition) is 1. The molecule has 2 fully saturated rings. The van der Waals surface area contributed by atoms with Gasteiger partial charge in [0.15, 0.2) is 8.32 Å². The summed E-state index contributed by atoms with van der Waals surface area (Å²) in [5, 5.41) is 10.5. The van der Waals surface area contributed by atoms with Crippen molar-refractivity contribution in [1.29, 1.82) is 0 Å². The third kappa shape index (κ3) is 1.77. The van der Waals surface area contributed by atoms with Gasteiger partial charge in [-0.25, -0.2) is 0 Å². The van der Waals surface area contributed by atoms with Crippen molar-refractivity contribution in [2.75, 3.05) is 0 Å². The van der Waals surface area contributed by atoms with Crippen LogP contribution in [0.4, 0.5) is 0 Å². The normalized spacial score (nSPS) is 43.3. The third-order valence-corrected chi connectivity index (χ3v) is 9.74. The SMILES string of the molecule is C[C@H]1[C@@H](O[Si](C)(C)C(C)(C)C)CC2C[C@]21O. The van der Waals surface area contributed by atoms with Gasteiger partial charge in [0.05, 0.1) is 11.7 Å². The van der Waals surface area contributed by atoms with E-state index in [1.807, 2.05) is 0 Å². The molecular weight excluding hydrogens is 216 g/mol. The molecule has 1 N–H and O–H groups in total. The lowest BCUT2D eigenvalue weighted by Crippen LogP contribution is -2.45. The molecule has 0 bridgehead atoms. The second-order valence-corrected chi connectivity index (χ2v) is 12.1. The van der Waals surface area contributed by atoms with E-state index in [0.717, 1.165) is 12.8 Å². The zero-order chi connectivity index (χ0) is 12.4. The lowest BCUT2D eigenvalue weighted by molar-refractivity contribution is 0.0423. The Balaban J connectivity index is 2.02. The zero-order valence-corrected chi connectivity index (χ0v) is 12.5. The van der Waals surface area contributed by atoms with E-state index >= 15 is 0 Å².